The summed E-state index contributed by atoms with van der Waals surface area (Å²) in [6.07, 6.45) is 3.91. The molecule has 0 aliphatic carbocycles. The highest BCUT2D eigenvalue weighted by Crippen LogP contribution is 2.21. The number of hydrogen-bond acceptors (Lipinski definition) is 3. The molecule has 6 heteroatoms. The van der Waals surface area contributed by atoms with E-state index in [1.165, 1.54) is 18.6 Å². The third kappa shape index (κ3) is 5.31. The van der Waals surface area contributed by atoms with Gasteiger partial charge in [0, 0.05) is 26.1 Å². The van der Waals surface area contributed by atoms with Crippen molar-refractivity contribution in [1.29, 1.82) is 0 Å². The molecule has 2 saturated heterocycles. The van der Waals surface area contributed by atoms with Crippen LogP contribution in [0.3, 0.4) is 0 Å². The van der Waals surface area contributed by atoms with Gasteiger partial charge in [-0.2, -0.15) is 0 Å². The molecule has 0 spiro atoms. The molecule has 3 rings (SSSR count). The third-order valence-electron chi connectivity index (χ3n) is 5.92. The van der Waals surface area contributed by atoms with Crippen LogP contribution in [0.25, 0.3) is 0 Å². The first-order valence-corrected chi connectivity index (χ1v) is 10.5. The summed E-state index contributed by atoms with van der Waals surface area (Å²) in [5, 5.41) is 0. The van der Waals surface area contributed by atoms with Gasteiger partial charge in [0.1, 0.15) is 5.82 Å². The van der Waals surface area contributed by atoms with Gasteiger partial charge in [-0.15, -0.1) is 0 Å². The van der Waals surface area contributed by atoms with Crippen molar-refractivity contribution in [2.75, 3.05) is 32.7 Å². The molecule has 5 nitrogen and oxygen atoms in total. The van der Waals surface area contributed by atoms with Crippen molar-refractivity contribution in [2.45, 2.75) is 52.1 Å². The van der Waals surface area contributed by atoms with Gasteiger partial charge in [-0.3, -0.25) is 14.5 Å². The molecule has 2 aliphatic heterocycles. The summed E-state index contributed by atoms with van der Waals surface area (Å²) in [5.74, 6) is 0.147. The summed E-state index contributed by atoms with van der Waals surface area (Å²) in [4.78, 5) is 31.8. The molecule has 28 heavy (non-hydrogen) atoms. The average molecular weight is 390 g/mol. The first-order chi connectivity index (χ1) is 13.4. The van der Waals surface area contributed by atoms with Crippen LogP contribution in [0.2, 0.25) is 0 Å². The van der Waals surface area contributed by atoms with Crippen molar-refractivity contribution in [3.05, 3.63) is 35.6 Å². The van der Waals surface area contributed by atoms with E-state index >= 15 is 0 Å². The van der Waals surface area contributed by atoms with E-state index in [0.29, 0.717) is 32.6 Å². The molecule has 2 heterocycles. The number of rotatable bonds is 5. The van der Waals surface area contributed by atoms with Crippen molar-refractivity contribution in [3.8, 4) is 0 Å². The van der Waals surface area contributed by atoms with E-state index in [-0.39, 0.29) is 29.6 Å². The van der Waals surface area contributed by atoms with Crippen LogP contribution in [0, 0.1) is 11.7 Å². The predicted molar refractivity (Wildman–Crippen MR) is 107 cm³/mol. The number of carbonyl (C=O) groups excluding carboxylic acids is 2. The standard InChI is InChI=1S/C22H32FN3O2/c1-17(2)20-15-25(22(28)16-24-11-4-3-5-12-24)13-10-21(27)26(20)14-18-6-8-19(23)9-7-18/h6-9,17,20H,3-5,10-16H2,1-2H3. The minimum atomic E-state index is -0.277. The summed E-state index contributed by atoms with van der Waals surface area (Å²) in [6, 6.07) is 6.27. The molecule has 0 aromatic heterocycles. The number of halogens is 1. The van der Waals surface area contributed by atoms with Crippen LogP contribution in [0.15, 0.2) is 24.3 Å². The summed E-state index contributed by atoms with van der Waals surface area (Å²) in [6.45, 7) is 8.12. The number of amides is 2. The summed E-state index contributed by atoms with van der Waals surface area (Å²) >= 11 is 0. The van der Waals surface area contributed by atoms with Crippen molar-refractivity contribution in [1.82, 2.24) is 14.7 Å². The Hall–Kier alpha value is -1.95. The van der Waals surface area contributed by atoms with Crippen molar-refractivity contribution < 1.29 is 14.0 Å². The Balaban J connectivity index is 1.69. The fraction of sp³-hybridized carbons (Fsp3) is 0.636. The Morgan fingerprint density at radius 2 is 1.79 bits per heavy atom. The van der Waals surface area contributed by atoms with E-state index in [4.69, 9.17) is 0 Å². The van der Waals surface area contributed by atoms with Gasteiger partial charge in [0.05, 0.1) is 12.6 Å². The van der Waals surface area contributed by atoms with Crippen LogP contribution in [-0.4, -0.2) is 65.3 Å². The molecule has 2 amide bonds. The quantitative estimate of drug-likeness (QED) is 0.778. The number of carbonyl (C=O) groups is 2. The molecule has 0 bridgehead atoms. The average Bonchev–Trinajstić information content (AvgIpc) is 2.84. The molecule has 2 fully saturated rings. The van der Waals surface area contributed by atoms with Gasteiger partial charge in [0.25, 0.3) is 0 Å². The first-order valence-electron chi connectivity index (χ1n) is 10.5. The highest BCUT2D eigenvalue weighted by molar-refractivity contribution is 5.81. The first kappa shape index (κ1) is 20.8. The Labute approximate surface area is 167 Å². The number of piperidine rings is 1. The second-order valence-electron chi connectivity index (χ2n) is 8.39. The van der Waals surface area contributed by atoms with E-state index in [9.17, 15) is 14.0 Å². The van der Waals surface area contributed by atoms with Crippen molar-refractivity contribution in [3.63, 3.8) is 0 Å². The number of hydrogen-bond donors (Lipinski definition) is 0. The second-order valence-corrected chi connectivity index (χ2v) is 8.39. The van der Waals surface area contributed by atoms with Crippen LogP contribution in [-0.2, 0) is 16.1 Å². The zero-order chi connectivity index (χ0) is 20.1. The normalized spacial score (nSPS) is 21.9. The predicted octanol–water partition coefficient (Wildman–Crippen LogP) is 2.90. The third-order valence-corrected chi connectivity index (χ3v) is 5.92. The Morgan fingerprint density at radius 3 is 2.43 bits per heavy atom. The van der Waals surface area contributed by atoms with Gasteiger partial charge in [-0.1, -0.05) is 32.4 Å². The SMILES string of the molecule is CC(C)C1CN(C(=O)CN2CCCCC2)CCC(=O)N1Cc1ccc(F)cc1. The number of benzene rings is 1. The molecular formula is C22H32FN3O2. The molecule has 154 valence electrons. The van der Waals surface area contributed by atoms with Gasteiger partial charge in [0.2, 0.25) is 11.8 Å². The van der Waals surface area contributed by atoms with Crippen LogP contribution >= 0.6 is 0 Å². The minimum Gasteiger partial charge on any atom is -0.339 e. The van der Waals surface area contributed by atoms with E-state index in [0.717, 1.165) is 31.5 Å². The maximum atomic E-state index is 13.2. The summed E-state index contributed by atoms with van der Waals surface area (Å²) < 4.78 is 13.2. The molecule has 1 aromatic carbocycles. The monoisotopic (exact) mass is 389 g/mol. The lowest BCUT2D eigenvalue weighted by Gasteiger charge is -2.35. The van der Waals surface area contributed by atoms with E-state index in [1.807, 2.05) is 9.80 Å². The topological polar surface area (TPSA) is 43.9 Å². The lowest BCUT2D eigenvalue weighted by atomic mass is 10.0. The van der Waals surface area contributed by atoms with Gasteiger partial charge in [0.15, 0.2) is 0 Å². The van der Waals surface area contributed by atoms with Crippen molar-refractivity contribution in [2.24, 2.45) is 5.92 Å². The molecule has 2 aliphatic rings. The highest BCUT2D eigenvalue weighted by atomic mass is 19.1. The summed E-state index contributed by atoms with van der Waals surface area (Å²) in [5.41, 5.74) is 0.911. The van der Waals surface area contributed by atoms with Crippen LogP contribution in [0.4, 0.5) is 4.39 Å². The van der Waals surface area contributed by atoms with E-state index < -0.39 is 0 Å². The Kier molecular flexibility index (Phi) is 7.05. The van der Waals surface area contributed by atoms with Crippen LogP contribution < -0.4 is 0 Å². The minimum absolute atomic E-state index is 0.0367. The van der Waals surface area contributed by atoms with Gasteiger partial charge in [-0.25, -0.2) is 4.39 Å². The smallest absolute Gasteiger partial charge is 0.236 e. The van der Waals surface area contributed by atoms with Gasteiger partial charge in [-0.05, 0) is 49.5 Å². The van der Waals surface area contributed by atoms with Crippen LogP contribution in [0.1, 0.15) is 45.1 Å². The highest BCUT2D eigenvalue weighted by Gasteiger charge is 2.33. The lowest BCUT2D eigenvalue weighted by Crippen LogP contribution is -2.49. The zero-order valence-corrected chi connectivity index (χ0v) is 17.1. The molecule has 0 saturated carbocycles. The molecule has 1 atom stereocenters. The second kappa shape index (κ2) is 9.50. The van der Waals surface area contributed by atoms with Crippen LogP contribution in [0.5, 0.6) is 0 Å². The fourth-order valence-electron chi connectivity index (χ4n) is 4.17. The molecule has 0 N–H and O–H groups in total. The molecule has 0 radical (unpaired) electrons. The summed E-state index contributed by atoms with van der Waals surface area (Å²) in [7, 11) is 0. The Bertz CT molecular complexity index is 671. The molecular weight excluding hydrogens is 357 g/mol. The zero-order valence-electron chi connectivity index (χ0n) is 17.1. The maximum absolute atomic E-state index is 13.2. The lowest BCUT2D eigenvalue weighted by molar-refractivity contribution is -0.135. The molecule has 1 unspecified atom stereocenters. The molecule has 1 aromatic rings. The number of nitrogens with zero attached hydrogens (tertiary/aromatic N) is 3. The van der Waals surface area contributed by atoms with Crippen molar-refractivity contribution >= 4 is 11.8 Å². The maximum Gasteiger partial charge on any atom is 0.236 e. The largest absolute Gasteiger partial charge is 0.339 e. The van der Waals surface area contributed by atoms with E-state index in [1.54, 1.807) is 12.1 Å². The van der Waals surface area contributed by atoms with E-state index in [2.05, 4.69) is 18.7 Å². The van der Waals surface area contributed by atoms with Gasteiger partial charge < -0.3 is 9.80 Å². The van der Waals surface area contributed by atoms with Gasteiger partial charge >= 0.3 is 0 Å². The number of likely N-dealkylation sites (tertiary alicyclic amines) is 1. The fourth-order valence-corrected chi connectivity index (χ4v) is 4.17. The Morgan fingerprint density at radius 1 is 1.11 bits per heavy atom.